The van der Waals surface area contributed by atoms with Gasteiger partial charge in [0.1, 0.15) is 17.1 Å². The smallest absolute Gasteiger partial charge is 0.341 e. The summed E-state index contributed by atoms with van der Waals surface area (Å²) in [7, 11) is 2.77. The van der Waals surface area contributed by atoms with E-state index < -0.39 is 5.97 Å². The van der Waals surface area contributed by atoms with Crippen molar-refractivity contribution in [3.63, 3.8) is 0 Å². The van der Waals surface area contributed by atoms with Gasteiger partial charge in [0.15, 0.2) is 6.61 Å². The highest BCUT2D eigenvalue weighted by atomic mass is 35.5. The number of hydrogen-bond donors (Lipinski definition) is 1. The molecule has 0 saturated heterocycles. The van der Waals surface area contributed by atoms with Crippen molar-refractivity contribution < 1.29 is 23.8 Å². The molecule has 0 fully saturated rings. The van der Waals surface area contributed by atoms with Gasteiger partial charge in [0.25, 0.3) is 5.91 Å². The van der Waals surface area contributed by atoms with E-state index in [0.29, 0.717) is 22.1 Å². The quantitative estimate of drug-likeness (QED) is 0.523. The molecule has 0 heterocycles. The van der Waals surface area contributed by atoms with Gasteiger partial charge in [0.05, 0.1) is 19.2 Å². The summed E-state index contributed by atoms with van der Waals surface area (Å²) in [5, 5.41) is 3.17. The standard InChI is InChI=1S/C24H22ClNO5/c1-29-21-10-8-16(12-19(21)24(28)30-2)14-26-23(27)15-31-22-11-9-18(13-20(22)25)17-6-4-3-5-7-17/h3-13H,14-15H2,1-2H3,(H,26,27). The summed E-state index contributed by atoms with van der Waals surface area (Å²) in [4.78, 5) is 24.1. The fraction of sp³-hybridized carbons (Fsp3) is 0.167. The van der Waals surface area contributed by atoms with Gasteiger partial charge in [0.2, 0.25) is 0 Å². The second-order valence-corrected chi connectivity index (χ2v) is 7.01. The molecule has 160 valence electrons. The lowest BCUT2D eigenvalue weighted by atomic mass is 10.1. The number of carbonyl (C=O) groups excluding carboxylic acids is 2. The topological polar surface area (TPSA) is 73.9 Å². The molecule has 0 aliphatic rings. The van der Waals surface area contributed by atoms with Gasteiger partial charge in [-0.25, -0.2) is 4.79 Å². The number of ether oxygens (including phenoxy) is 3. The molecule has 6 nitrogen and oxygen atoms in total. The second-order valence-electron chi connectivity index (χ2n) is 6.60. The molecule has 3 aromatic rings. The average molecular weight is 440 g/mol. The van der Waals surface area contributed by atoms with Crippen LogP contribution in [0.1, 0.15) is 15.9 Å². The first-order valence-corrected chi connectivity index (χ1v) is 9.89. The molecule has 3 aromatic carbocycles. The van der Waals surface area contributed by atoms with E-state index in [4.69, 9.17) is 25.8 Å². The first kappa shape index (κ1) is 22.2. The molecule has 0 spiro atoms. The van der Waals surface area contributed by atoms with E-state index in [1.807, 2.05) is 36.4 Å². The van der Waals surface area contributed by atoms with E-state index >= 15 is 0 Å². The molecule has 0 aromatic heterocycles. The molecule has 0 saturated carbocycles. The van der Waals surface area contributed by atoms with E-state index in [2.05, 4.69) is 5.32 Å². The van der Waals surface area contributed by atoms with Gasteiger partial charge in [-0.1, -0.05) is 54.1 Å². The monoisotopic (exact) mass is 439 g/mol. The molecule has 0 atom stereocenters. The van der Waals surface area contributed by atoms with Crippen molar-refractivity contribution in [1.82, 2.24) is 5.32 Å². The summed E-state index contributed by atoms with van der Waals surface area (Å²) in [6.07, 6.45) is 0. The van der Waals surface area contributed by atoms with Crippen LogP contribution in [-0.2, 0) is 16.1 Å². The summed E-state index contributed by atoms with van der Waals surface area (Å²) < 4.78 is 15.5. The Morgan fingerprint density at radius 1 is 0.903 bits per heavy atom. The van der Waals surface area contributed by atoms with Crippen molar-refractivity contribution in [2.45, 2.75) is 6.54 Å². The first-order valence-electron chi connectivity index (χ1n) is 9.51. The van der Waals surface area contributed by atoms with Gasteiger partial charge in [-0.15, -0.1) is 0 Å². The SMILES string of the molecule is COC(=O)c1cc(CNC(=O)COc2ccc(-c3ccccc3)cc2Cl)ccc1OC. The lowest BCUT2D eigenvalue weighted by molar-refractivity contribution is -0.123. The number of methoxy groups -OCH3 is 2. The third-order valence-electron chi connectivity index (χ3n) is 4.56. The summed E-state index contributed by atoms with van der Waals surface area (Å²) >= 11 is 6.31. The second kappa shape index (κ2) is 10.5. The van der Waals surface area contributed by atoms with Crippen molar-refractivity contribution in [2.24, 2.45) is 0 Å². The van der Waals surface area contributed by atoms with Crippen LogP contribution in [0.15, 0.2) is 66.7 Å². The number of halogens is 1. The molecular weight excluding hydrogens is 418 g/mol. The molecule has 0 bridgehead atoms. The number of nitrogens with one attached hydrogen (secondary N) is 1. The van der Waals surface area contributed by atoms with E-state index in [1.54, 1.807) is 30.3 Å². The van der Waals surface area contributed by atoms with Gasteiger partial charge in [-0.05, 0) is 41.0 Å². The van der Waals surface area contributed by atoms with Crippen LogP contribution in [0.2, 0.25) is 5.02 Å². The summed E-state index contributed by atoms with van der Waals surface area (Å²) in [5.41, 5.74) is 3.01. The molecule has 1 amide bonds. The third-order valence-corrected chi connectivity index (χ3v) is 4.85. The van der Waals surface area contributed by atoms with Crippen LogP contribution < -0.4 is 14.8 Å². The number of rotatable bonds is 8. The lowest BCUT2D eigenvalue weighted by Gasteiger charge is -2.12. The zero-order valence-electron chi connectivity index (χ0n) is 17.2. The molecule has 0 radical (unpaired) electrons. The minimum absolute atomic E-state index is 0.190. The van der Waals surface area contributed by atoms with E-state index in [9.17, 15) is 9.59 Å². The Morgan fingerprint density at radius 3 is 2.32 bits per heavy atom. The Hall–Kier alpha value is -3.51. The highest BCUT2D eigenvalue weighted by molar-refractivity contribution is 6.32. The normalized spacial score (nSPS) is 10.3. The maximum atomic E-state index is 12.2. The Bertz CT molecular complexity index is 1070. The number of carbonyl (C=O) groups is 2. The lowest BCUT2D eigenvalue weighted by Crippen LogP contribution is -2.28. The van der Waals surface area contributed by atoms with Crippen LogP contribution in [0.3, 0.4) is 0 Å². The van der Waals surface area contributed by atoms with Crippen LogP contribution >= 0.6 is 11.6 Å². The molecule has 0 unspecified atom stereocenters. The predicted octanol–water partition coefficient (Wildman–Crippen LogP) is 4.50. The summed E-state index contributed by atoms with van der Waals surface area (Å²) in [5.74, 6) is -0.00614. The third kappa shape index (κ3) is 5.77. The van der Waals surface area contributed by atoms with Crippen LogP contribution in [0.5, 0.6) is 11.5 Å². The Balaban J connectivity index is 1.57. The minimum atomic E-state index is -0.512. The number of benzene rings is 3. The van der Waals surface area contributed by atoms with E-state index in [0.717, 1.165) is 16.7 Å². The molecule has 1 N–H and O–H groups in total. The molecule has 3 rings (SSSR count). The maximum Gasteiger partial charge on any atom is 0.341 e. The highest BCUT2D eigenvalue weighted by Crippen LogP contribution is 2.30. The first-order chi connectivity index (χ1) is 15.0. The predicted molar refractivity (Wildman–Crippen MR) is 119 cm³/mol. The molecule has 0 aliphatic carbocycles. The van der Waals surface area contributed by atoms with Gasteiger partial charge < -0.3 is 19.5 Å². The molecular formula is C24H22ClNO5. The van der Waals surface area contributed by atoms with Gasteiger partial charge in [-0.3, -0.25) is 4.79 Å². The van der Waals surface area contributed by atoms with Crippen LogP contribution in [0.25, 0.3) is 11.1 Å². The largest absolute Gasteiger partial charge is 0.496 e. The molecule has 31 heavy (non-hydrogen) atoms. The van der Waals surface area contributed by atoms with Crippen molar-refractivity contribution in [1.29, 1.82) is 0 Å². The Morgan fingerprint density at radius 2 is 1.65 bits per heavy atom. The molecule has 7 heteroatoms. The fourth-order valence-corrected chi connectivity index (χ4v) is 3.19. The van der Waals surface area contributed by atoms with Crippen molar-refractivity contribution in [3.8, 4) is 22.6 Å². The summed E-state index contributed by atoms with van der Waals surface area (Å²) in [6, 6.07) is 20.3. The zero-order chi connectivity index (χ0) is 22.2. The molecule has 0 aliphatic heterocycles. The number of hydrogen-bond acceptors (Lipinski definition) is 5. The number of esters is 1. The van der Waals surface area contributed by atoms with Crippen LogP contribution in [-0.4, -0.2) is 32.7 Å². The fourth-order valence-electron chi connectivity index (χ4n) is 2.96. The van der Waals surface area contributed by atoms with Gasteiger partial charge in [0, 0.05) is 6.54 Å². The van der Waals surface area contributed by atoms with Crippen LogP contribution in [0, 0.1) is 0 Å². The van der Waals surface area contributed by atoms with Crippen molar-refractivity contribution in [2.75, 3.05) is 20.8 Å². The Labute approximate surface area is 185 Å². The van der Waals surface area contributed by atoms with E-state index in [-0.39, 0.29) is 19.1 Å². The van der Waals surface area contributed by atoms with Gasteiger partial charge >= 0.3 is 5.97 Å². The minimum Gasteiger partial charge on any atom is -0.496 e. The zero-order valence-corrected chi connectivity index (χ0v) is 17.9. The number of amides is 1. The summed E-state index contributed by atoms with van der Waals surface area (Å²) in [6.45, 7) is 0.0290. The highest BCUT2D eigenvalue weighted by Gasteiger charge is 2.14. The van der Waals surface area contributed by atoms with Crippen LogP contribution in [0.4, 0.5) is 0 Å². The Kier molecular flexibility index (Phi) is 7.51. The average Bonchev–Trinajstić information content (AvgIpc) is 2.81. The van der Waals surface area contributed by atoms with Crippen molar-refractivity contribution >= 4 is 23.5 Å². The maximum absolute atomic E-state index is 12.2. The van der Waals surface area contributed by atoms with E-state index in [1.165, 1.54) is 14.2 Å². The van der Waals surface area contributed by atoms with Crippen molar-refractivity contribution in [3.05, 3.63) is 82.9 Å². The van der Waals surface area contributed by atoms with Gasteiger partial charge in [-0.2, -0.15) is 0 Å².